The lowest BCUT2D eigenvalue weighted by Crippen LogP contribution is -2.45. The van der Waals surface area contributed by atoms with Crippen molar-refractivity contribution in [2.24, 2.45) is 5.41 Å². The first-order valence-electron chi connectivity index (χ1n) is 5.37. The molecule has 2 nitrogen and oxygen atoms in total. The van der Waals surface area contributed by atoms with E-state index in [2.05, 4.69) is 37.9 Å². The predicted octanol–water partition coefficient (Wildman–Crippen LogP) is 1.71. The molecule has 0 aromatic carbocycles. The van der Waals surface area contributed by atoms with Gasteiger partial charge >= 0.3 is 0 Å². The summed E-state index contributed by atoms with van der Waals surface area (Å²) in [7, 11) is 2.04. The third-order valence-corrected chi connectivity index (χ3v) is 3.46. The second kappa shape index (κ2) is 3.97. The Labute approximate surface area is 82.7 Å². The van der Waals surface area contributed by atoms with Crippen LogP contribution in [-0.4, -0.2) is 37.1 Å². The standard InChI is InChI=1S/C11H24N2/c1-9(12-5)10(2)13-7-6-11(3,4)8-13/h9-10,12H,6-8H2,1-5H3. The van der Waals surface area contributed by atoms with Crippen LogP contribution < -0.4 is 5.32 Å². The first-order chi connectivity index (χ1) is 5.96. The Kier molecular flexibility index (Phi) is 3.36. The van der Waals surface area contributed by atoms with Crippen molar-refractivity contribution in [1.29, 1.82) is 0 Å². The van der Waals surface area contributed by atoms with E-state index >= 15 is 0 Å². The molecule has 0 aromatic rings. The van der Waals surface area contributed by atoms with E-state index in [1.54, 1.807) is 0 Å². The summed E-state index contributed by atoms with van der Waals surface area (Å²) >= 11 is 0. The van der Waals surface area contributed by atoms with E-state index in [9.17, 15) is 0 Å². The Balaban J connectivity index is 2.46. The molecule has 1 saturated heterocycles. The quantitative estimate of drug-likeness (QED) is 0.718. The van der Waals surface area contributed by atoms with Gasteiger partial charge in [-0.15, -0.1) is 0 Å². The van der Waals surface area contributed by atoms with Crippen LogP contribution in [0.2, 0.25) is 0 Å². The Bertz CT molecular complexity index is 165. The maximum atomic E-state index is 3.33. The Morgan fingerprint density at radius 3 is 2.31 bits per heavy atom. The highest BCUT2D eigenvalue weighted by Gasteiger charge is 2.32. The first-order valence-corrected chi connectivity index (χ1v) is 5.37. The normalized spacial score (nSPS) is 27.5. The second-order valence-corrected chi connectivity index (χ2v) is 5.20. The van der Waals surface area contributed by atoms with Crippen LogP contribution in [0.15, 0.2) is 0 Å². The minimum Gasteiger partial charge on any atom is -0.316 e. The molecule has 2 atom stereocenters. The topological polar surface area (TPSA) is 15.3 Å². The van der Waals surface area contributed by atoms with Crippen LogP contribution in [0.5, 0.6) is 0 Å². The molecule has 0 radical (unpaired) electrons. The van der Waals surface area contributed by atoms with Crippen molar-refractivity contribution in [3.05, 3.63) is 0 Å². The zero-order valence-electron chi connectivity index (χ0n) is 9.72. The van der Waals surface area contributed by atoms with Crippen molar-refractivity contribution >= 4 is 0 Å². The first kappa shape index (κ1) is 11.0. The van der Waals surface area contributed by atoms with Gasteiger partial charge in [0.1, 0.15) is 0 Å². The van der Waals surface area contributed by atoms with E-state index in [0.717, 1.165) is 0 Å². The van der Waals surface area contributed by atoms with E-state index in [1.165, 1.54) is 19.5 Å². The Morgan fingerprint density at radius 1 is 1.31 bits per heavy atom. The van der Waals surface area contributed by atoms with Crippen molar-refractivity contribution < 1.29 is 0 Å². The maximum Gasteiger partial charge on any atom is 0.0218 e. The third kappa shape index (κ3) is 2.68. The maximum absolute atomic E-state index is 3.33. The van der Waals surface area contributed by atoms with E-state index < -0.39 is 0 Å². The number of hydrogen-bond donors (Lipinski definition) is 1. The summed E-state index contributed by atoms with van der Waals surface area (Å²) < 4.78 is 0. The minimum atomic E-state index is 0.529. The number of nitrogens with one attached hydrogen (secondary N) is 1. The fourth-order valence-electron chi connectivity index (χ4n) is 2.06. The van der Waals surface area contributed by atoms with Gasteiger partial charge in [0.25, 0.3) is 0 Å². The molecule has 0 saturated carbocycles. The van der Waals surface area contributed by atoms with Crippen LogP contribution in [0.1, 0.15) is 34.1 Å². The van der Waals surface area contributed by atoms with Crippen LogP contribution >= 0.6 is 0 Å². The van der Waals surface area contributed by atoms with Crippen molar-refractivity contribution in [1.82, 2.24) is 10.2 Å². The number of likely N-dealkylation sites (tertiary alicyclic amines) is 1. The number of nitrogens with zero attached hydrogens (tertiary/aromatic N) is 1. The van der Waals surface area contributed by atoms with Crippen LogP contribution in [0.25, 0.3) is 0 Å². The molecule has 0 bridgehead atoms. The zero-order valence-corrected chi connectivity index (χ0v) is 9.72. The Hall–Kier alpha value is -0.0800. The number of rotatable bonds is 3. The van der Waals surface area contributed by atoms with Crippen LogP contribution in [0.4, 0.5) is 0 Å². The third-order valence-electron chi connectivity index (χ3n) is 3.46. The van der Waals surface area contributed by atoms with Gasteiger partial charge in [-0.05, 0) is 39.3 Å². The highest BCUT2D eigenvalue weighted by atomic mass is 15.2. The molecule has 1 aliphatic rings. The minimum absolute atomic E-state index is 0.529. The van der Waals surface area contributed by atoms with Gasteiger partial charge in [-0.2, -0.15) is 0 Å². The highest BCUT2D eigenvalue weighted by molar-refractivity contribution is 4.88. The zero-order chi connectivity index (χ0) is 10.1. The smallest absolute Gasteiger partial charge is 0.0218 e. The summed E-state index contributed by atoms with van der Waals surface area (Å²) in [5, 5.41) is 3.33. The summed E-state index contributed by atoms with van der Waals surface area (Å²) in [5.74, 6) is 0. The van der Waals surface area contributed by atoms with E-state index in [4.69, 9.17) is 0 Å². The average molecular weight is 184 g/mol. The molecular weight excluding hydrogens is 160 g/mol. The largest absolute Gasteiger partial charge is 0.316 e. The molecule has 1 fully saturated rings. The molecule has 0 aliphatic carbocycles. The molecule has 1 aliphatic heterocycles. The highest BCUT2D eigenvalue weighted by Crippen LogP contribution is 2.30. The molecule has 0 spiro atoms. The van der Waals surface area contributed by atoms with E-state index in [-0.39, 0.29) is 0 Å². The molecule has 1 N–H and O–H groups in total. The van der Waals surface area contributed by atoms with Gasteiger partial charge in [0.2, 0.25) is 0 Å². The molecule has 1 heterocycles. The Morgan fingerprint density at radius 2 is 1.92 bits per heavy atom. The molecule has 0 amide bonds. The van der Waals surface area contributed by atoms with Gasteiger partial charge in [-0.3, -0.25) is 4.90 Å². The summed E-state index contributed by atoms with van der Waals surface area (Å²) in [6.45, 7) is 11.8. The lowest BCUT2D eigenvalue weighted by atomic mass is 9.93. The number of likely N-dealkylation sites (N-methyl/N-ethyl adjacent to an activating group) is 1. The summed E-state index contributed by atoms with van der Waals surface area (Å²) in [4.78, 5) is 2.60. The van der Waals surface area contributed by atoms with Gasteiger partial charge in [0.15, 0.2) is 0 Å². The van der Waals surface area contributed by atoms with E-state index in [1.807, 2.05) is 7.05 Å². The molecule has 1 rings (SSSR count). The molecule has 2 heteroatoms. The summed E-state index contributed by atoms with van der Waals surface area (Å²) in [5.41, 5.74) is 0.529. The van der Waals surface area contributed by atoms with Crippen molar-refractivity contribution in [2.45, 2.75) is 46.2 Å². The van der Waals surface area contributed by atoms with Crippen LogP contribution in [0, 0.1) is 5.41 Å². The van der Waals surface area contributed by atoms with Crippen molar-refractivity contribution in [3.8, 4) is 0 Å². The molecule has 0 aromatic heterocycles. The fraction of sp³-hybridized carbons (Fsp3) is 1.00. The lowest BCUT2D eigenvalue weighted by molar-refractivity contribution is 0.198. The second-order valence-electron chi connectivity index (χ2n) is 5.20. The van der Waals surface area contributed by atoms with E-state index in [0.29, 0.717) is 17.5 Å². The lowest BCUT2D eigenvalue weighted by Gasteiger charge is -2.30. The monoisotopic (exact) mass is 184 g/mol. The molecular formula is C11H24N2. The van der Waals surface area contributed by atoms with Gasteiger partial charge in [0, 0.05) is 18.6 Å². The SMILES string of the molecule is CNC(C)C(C)N1CCC(C)(C)C1. The van der Waals surface area contributed by atoms with Gasteiger partial charge in [-0.25, -0.2) is 0 Å². The van der Waals surface area contributed by atoms with Gasteiger partial charge in [-0.1, -0.05) is 13.8 Å². The summed E-state index contributed by atoms with van der Waals surface area (Å²) in [6.07, 6.45) is 1.34. The molecule has 13 heavy (non-hydrogen) atoms. The van der Waals surface area contributed by atoms with Crippen molar-refractivity contribution in [3.63, 3.8) is 0 Å². The summed E-state index contributed by atoms with van der Waals surface area (Å²) in [6, 6.07) is 1.25. The average Bonchev–Trinajstić information content (AvgIpc) is 2.43. The van der Waals surface area contributed by atoms with Gasteiger partial charge < -0.3 is 5.32 Å². The predicted molar refractivity (Wildman–Crippen MR) is 58.0 cm³/mol. The number of hydrogen-bond acceptors (Lipinski definition) is 2. The molecule has 2 unspecified atom stereocenters. The fourth-order valence-corrected chi connectivity index (χ4v) is 2.06. The molecule has 78 valence electrons. The van der Waals surface area contributed by atoms with Crippen LogP contribution in [0.3, 0.4) is 0 Å². The van der Waals surface area contributed by atoms with Crippen LogP contribution in [-0.2, 0) is 0 Å². The van der Waals surface area contributed by atoms with Gasteiger partial charge in [0.05, 0.1) is 0 Å². The van der Waals surface area contributed by atoms with Crippen molar-refractivity contribution in [2.75, 3.05) is 20.1 Å².